The molecule has 6 aromatic rings. The number of nitrogens with two attached hydrogens (primary N) is 1. The van der Waals surface area contributed by atoms with Gasteiger partial charge in [0.25, 0.3) is 22.4 Å². The minimum atomic E-state index is -4.83. The molecule has 0 bridgehead atoms. The Bertz CT molecular complexity index is 2860. The summed E-state index contributed by atoms with van der Waals surface area (Å²) >= 11 is 28.6. The second-order valence-corrected chi connectivity index (χ2v) is 16.6. The fraction of sp³-hybridized carbons (Fsp3) is 0.130. The molecular weight excluding hydrogens is 1000 g/mol. The van der Waals surface area contributed by atoms with Crippen LogP contribution in [0.4, 0.5) is 46.5 Å². The van der Waals surface area contributed by atoms with Crippen molar-refractivity contribution < 1.29 is 54.4 Å². The van der Waals surface area contributed by atoms with Crippen LogP contribution in [0.3, 0.4) is 0 Å². The summed E-state index contributed by atoms with van der Waals surface area (Å²) in [5.41, 5.74) is 1.12. The van der Waals surface area contributed by atoms with Gasteiger partial charge in [-0.25, -0.2) is 8.78 Å². The average molecular weight is 1030 g/mol. The molecule has 1 amide bonds. The molecule has 8 rings (SSSR count). The van der Waals surface area contributed by atoms with Crippen molar-refractivity contribution in [3.63, 3.8) is 0 Å². The summed E-state index contributed by atoms with van der Waals surface area (Å²) in [7, 11) is 0. The summed E-state index contributed by atoms with van der Waals surface area (Å²) in [5.74, 6) is -1.98. The molecule has 3 N–H and O–H groups in total. The molecular formula is C46H29Cl5F8N4O4. The van der Waals surface area contributed by atoms with E-state index in [9.17, 15) is 44.7 Å². The molecule has 6 aromatic carbocycles. The molecule has 2 heterocycles. The summed E-state index contributed by atoms with van der Waals surface area (Å²) in [4.78, 5) is 32.7. The molecule has 2 aliphatic heterocycles. The lowest BCUT2D eigenvalue weighted by molar-refractivity contribution is -0.276. The van der Waals surface area contributed by atoms with E-state index in [2.05, 4.69) is 15.6 Å². The maximum Gasteiger partial charge on any atom is 0.435 e. The Morgan fingerprint density at radius 1 is 0.567 bits per heavy atom. The van der Waals surface area contributed by atoms with Crippen LogP contribution in [0.2, 0.25) is 20.1 Å². The SMILES string of the molecule is Nc1cccc(C2=NOC(c3cc(Cl)cc(Cl)c3)(C(F)(F)F)C2)c1.O=C(Cl)c1ccccc1F.O=C(Nc1cccc(C2=NOC(c3cc(Cl)cc(Cl)c3)(C(F)(F)F)C2)c1)c1ccccc1F. The van der Waals surface area contributed by atoms with Crippen LogP contribution in [-0.4, -0.2) is 34.9 Å². The lowest BCUT2D eigenvalue weighted by Gasteiger charge is -2.29. The van der Waals surface area contributed by atoms with E-state index in [0.717, 1.165) is 18.2 Å². The number of amides is 1. The Morgan fingerprint density at radius 2 is 0.985 bits per heavy atom. The third-order valence-electron chi connectivity index (χ3n) is 9.91. The smallest absolute Gasteiger partial charge is 0.399 e. The van der Waals surface area contributed by atoms with Gasteiger partial charge in [-0.2, -0.15) is 26.3 Å². The Morgan fingerprint density at radius 3 is 1.39 bits per heavy atom. The number of halogens is 13. The lowest BCUT2D eigenvalue weighted by atomic mass is 9.86. The third kappa shape index (κ3) is 11.6. The van der Waals surface area contributed by atoms with Gasteiger partial charge in [-0.3, -0.25) is 9.59 Å². The van der Waals surface area contributed by atoms with Gasteiger partial charge in [0.15, 0.2) is 0 Å². The molecule has 21 heteroatoms. The number of nitrogens with zero attached hydrogens (tertiary/aromatic N) is 2. The quantitative estimate of drug-likeness (QED) is 0.0939. The van der Waals surface area contributed by atoms with Gasteiger partial charge < -0.3 is 20.7 Å². The van der Waals surface area contributed by atoms with E-state index in [0.29, 0.717) is 16.8 Å². The zero-order chi connectivity index (χ0) is 48.9. The molecule has 2 atom stereocenters. The second kappa shape index (κ2) is 20.5. The van der Waals surface area contributed by atoms with Gasteiger partial charge in [0.1, 0.15) is 11.6 Å². The number of hydrogen-bond donors (Lipinski definition) is 2. The van der Waals surface area contributed by atoms with Crippen molar-refractivity contribution in [2.24, 2.45) is 10.3 Å². The first-order valence-corrected chi connectivity index (χ1v) is 20.9. The van der Waals surface area contributed by atoms with Crippen LogP contribution in [-0.2, 0) is 20.9 Å². The molecule has 0 fully saturated rings. The van der Waals surface area contributed by atoms with Crippen LogP contribution >= 0.6 is 58.0 Å². The highest BCUT2D eigenvalue weighted by atomic mass is 35.5. The number of hydrogen-bond acceptors (Lipinski definition) is 7. The number of nitrogen functional groups attached to an aromatic ring is 1. The summed E-state index contributed by atoms with van der Waals surface area (Å²) in [6.07, 6.45) is -10.7. The zero-order valence-electron chi connectivity index (χ0n) is 33.6. The van der Waals surface area contributed by atoms with Gasteiger partial charge in [0.05, 0.1) is 22.6 Å². The van der Waals surface area contributed by atoms with Crippen molar-refractivity contribution in [2.45, 2.75) is 36.4 Å². The number of carbonyl (C=O) groups excluding carboxylic acids is 2. The molecule has 0 saturated heterocycles. The largest absolute Gasteiger partial charge is 0.435 e. The molecule has 0 spiro atoms. The van der Waals surface area contributed by atoms with Crippen LogP contribution in [0.1, 0.15) is 55.8 Å². The number of nitrogens with one attached hydrogen (secondary N) is 1. The van der Waals surface area contributed by atoms with E-state index in [-0.39, 0.29) is 59.5 Å². The molecule has 2 unspecified atom stereocenters. The molecule has 67 heavy (non-hydrogen) atoms. The van der Waals surface area contributed by atoms with Crippen LogP contribution in [0.15, 0.2) is 144 Å². The minimum absolute atomic E-state index is 0.00501. The van der Waals surface area contributed by atoms with Crippen molar-refractivity contribution in [1.29, 1.82) is 0 Å². The number of alkyl halides is 6. The van der Waals surface area contributed by atoms with E-state index < -0.39 is 59.2 Å². The van der Waals surface area contributed by atoms with Crippen molar-refractivity contribution >= 4 is 92.0 Å². The van der Waals surface area contributed by atoms with Crippen LogP contribution < -0.4 is 11.1 Å². The van der Waals surface area contributed by atoms with E-state index in [1.165, 1.54) is 84.9 Å². The van der Waals surface area contributed by atoms with Gasteiger partial charge >= 0.3 is 12.4 Å². The Kier molecular flexibility index (Phi) is 15.5. The zero-order valence-corrected chi connectivity index (χ0v) is 37.4. The molecule has 0 aliphatic carbocycles. The summed E-state index contributed by atoms with van der Waals surface area (Å²) in [6.45, 7) is 0. The number of anilines is 2. The highest BCUT2D eigenvalue weighted by molar-refractivity contribution is 6.67. The highest BCUT2D eigenvalue weighted by Gasteiger charge is 2.63. The first-order valence-electron chi connectivity index (χ1n) is 19.1. The van der Waals surface area contributed by atoms with Crippen molar-refractivity contribution in [2.75, 3.05) is 11.1 Å². The fourth-order valence-electron chi connectivity index (χ4n) is 6.65. The van der Waals surface area contributed by atoms with E-state index in [1.54, 1.807) is 30.3 Å². The molecule has 0 saturated carbocycles. The molecule has 0 radical (unpaired) electrons. The van der Waals surface area contributed by atoms with E-state index in [4.69, 9.17) is 73.4 Å². The van der Waals surface area contributed by atoms with Crippen LogP contribution in [0.5, 0.6) is 0 Å². The van der Waals surface area contributed by atoms with Crippen LogP contribution in [0, 0.1) is 11.6 Å². The summed E-state index contributed by atoms with van der Waals surface area (Å²) in [5, 5.41) is 9.33. The number of carbonyl (C=O) groups is 2. The first-order chi connectivity index (χ1) is 31.5. The molecule has 2 aliphatic rings. The van der Waals surface area contributed by atoms with Crippen molar-refractivity contribution in [1.82, 2.24) is 0 Å². The van der Waals surface area contributed by atoms with E-state index >= 15 is 0 Å². The Hall–Kier alpha value is -5.91. The maximum absolute atomic E-state index is 14.2. The second-order valence-electron chi connectivity index (χ2n) is 14.5. The topological polar surface area (TPSA) is 115 Å². The maximum atomic E-state index is 14.2. The molecule has 8 nitrogen and oxygen atoms in total. The van der Waals surface area contributed by atoms with E-state index in [1.807, 2.05) is 0 Å². The normalized spacial score (nSPS) is 17.6. The number of rotatable bonds is 7. The van der Waals surface area contributed by atoms with Crippen LogP contribution in [0.25, 0.3) is 0 Å². The monoisotopic (exact) mass is 1030 g/mol. The van der Waals surface area contributed by atoms with Crippen molar-refractivity contribution in [3.8, 4) is 0 Å². The lowest BCUT2D eigenvalue weighted by Crippen LogP contribution is -2.42. The minimum Gasteiger partial charge on any atom is -0.399 e. The van der Waals surface area contributed by atoms with Crippen molar-refractivity contribution in [3.05, 3.63) is 199 Å². The van der Waals surface area contributed by atoms with Gasteiger partial charge in [-0.15, -0.1) is 0 Å². The fourth-order valence-corrected chi connectivity index (χ4v) is 7.86. The predicted octanol–water partition coefficient (Wildman–Crippen LogP) is 14.3. The highest BCUT2D eigenvalue weighted by Crippen LogP contribution is 2.51. The van der Waals surface area contributed by atoms with Gasteiger partial charge in [-0.05, 0) is 96.5 Å². The Balaban J connectivity index is 0.000000189. The summed E-state index contributed by atoms with van der Waals surface area (Å²) in [6, 6.07) is 30.7. The standard InChI is InChI=1S/C23H14Cl2F4N2O2.C16H11Cl2F3N2O.C7H4ClFO/c24-15-9-14(10-16(25)11-15)22(23(27,28)29)12-20(31-33-22)13-4-3-5-17(8-13)30-21(32)18-6-1-2-7-19(18)26;17-11-5-10(6-12(18)7-11)15(16(19,20)21)8-14(23-24-15)9-2-1-3-13(22)4-9;8-7(10)5-3-1-2-4-6(5)9/h1-11H,12H2,(H,30,32);1-7H,8,22H2;1-4H. The molecule has 348 valence electrons. The van der Waals surface area contributed by atoms with Gasteiger partial charge in [-0.1, -0.05) is 105 Å². The first kappa shape index (κ1) is 50.5. The van der Waals surface area contributed by atoms with Gasteiger partial charge in [0.2, 0.25) is 0 Å². The third-order valence-corrected chi connectivity index (χ3v) is 11.0. The number of benzene rings is 6. The Labute approximate surface area is 400 Å². The number of oxime groups is 2. The van der Waals surface area contributed by atoms with Gasteiger partial charge in [0, 0.05) is 66.6 Å². The summed E-state index contributed by atoms with van der Waals surface area (Å²) < 4.78 is 110. The predicted molar refractivity (Wildman–Crippen MR) is 241 cm³/mol. The average Bonchev–Trinajstić information content (AvgIpc) is 3.93. The molecule has 0 aromatic heterocycles.